The van der Waals surface area contributed by atoms with Crippen molar-refractivity contribution in [3.05, 3.63) is 42.0 Å². The summed E-state index contributed by atoms with van der Waals surface area (Å²) in [6.45, 7) is 10.8. The Hall–Kier alpha value is -2.67. The fourth-order valence-electron chi connectivity index (χ4n) is 2.05. The van der Waals surface area contributed by atoms with E-state index < -0.39 is 34.6 Å². The summed E-state index contributed by atoms with van der Waals surface area (Å²) in [5, 5.41) is 10.4. The summed E-state index contributed by atoms with van der Waals surface area (Å²) >= 11 is 0. The summed E-state index contributed by atoms with van der Waals surface area (Å²) in [5.74, 6) is -1.91. The van der Waals surface area contributed by atoms with E-state index in [0.29, 0.717) is 5.56 Å². The molecule has 28 heavy (non-hydrogen) atoms. The summed E-state index contributed by atoms with van der Waals surface area (Å²) in [7, 11) is 0. The Bertz CT molecular complexity index is 742. The van der Waals surface area contributed by atoms with Crippen molar-refractivity contribution in [1.82, 2.24) is 5.06 Å². The predicted octanol–water partition coefficient (Wildman–Crippen LogP) is 4.00. The van der Waals surface area contributed by atoms with Crippen molar-refractivity contribution in [2.24, 2.45) is 0 Å². The van der Waals surface area contributed by atoms with Crippen molar-refractivity contribution in [2.75, 3.05) is 0 Å². The van der Waals surface area contributed by atoms with Crippen molar-refractivity contribution >= 4 is 23.9 Å². The molecular formula is C21H29NO6. The van der Waals surface area contributed by atoms with Gasteiger partial charge in [0, 0.05) is 0 Å². The van der Waals surface area contributed by atoms with Gasteiger partial charge < -0.3 is 9.47 Å². The van der Waals surface area contributed by atoms with Gasteiger partial charge in [0.25, 0.3) is 0 Å². The number of carbonyl (C=O) groups excluding carboxylic acids is 3. The summed E-state index contributed by atoms with van der Waals surface area (Å²) in [4.78, 5) is 38.0. The molecule has 0 aliphatic rings. The molecule has 0 spiro atoms. The maximum Gasteiger partial charge on any atom is 0.435 e. The van der Waals surface area contributed by atoms with Gasteiger partial charge in [-0.1, -0.05) is 36.4 Å². The van der Waals surface area contributed by atoms with Crippen molar-refractivity contribution in [3.8, 4) is 0 Å². The molecule has 0 aliphatic heterocycles. The molecule has 0 bridgehead atoms. The third-order valence-electron chi connectivity index (χ3n) is 3.49. The van der Waals surface area contributed by atoms with Crippen LogP contribution in [0.2, 0.25) is 0 Å². The molecule has 0 saturated carbocycles. The van der Waals surface area contributed by atoms with Gasteiger partial charge in [-0.25, -0.2) is 9.59 Å². The lowest BCUT2D eigenvalue weighted by Gasteiger charge is -2.35. The number of ketones is 1. The molecule has 1 amide bonds. The predicted molar refractivity (Wildman–Crippen MR) is 105 cm³/mol. The second kappa shape index (κ2) is 8.56. The number of amides is 1. The molecular weight excluding hydrogens is 362 g/mol. The van der Waals surface area contributed by atoms with Crippen LogP contribution in [0, 0.1) is 0 Å². The first kappa shape index (κ1) is 23.4. The van der Waals surface area contributed by atoms with E-state index in [1.165, 1.54) is 6.08 Å². The number of hydroxylamine groups is 2. The molecule has 0 aromatic heterocycles. The van der Waals surface area contributed by atoms with Crippen LogP contribution in [-0.4, -0.2) is 44.9 Å². The number of ether oxygens (including phenoxy) is 2. The van der Waals surface area contributed by atoms with Gasteiger partial charge in [0.2, 0.25) is 5.54 Å². The van der Waals surface area contributed by atoms with Crippen LogP contribution in [0.1, 0.15) is 54.0 Å². The van der Waals surface area contributed by atoms with E-state index in [9.17, 15) is 19.6 Å². The zero-order chi connectivity index (χ0) is 21.8. The maximum absolute atomic E-state index is 12.9. The highest BCUT2D eigenvalue weighted by Crippen LogP contribution is 2.24. The molecule has 0 aliphatic carbocycles. The van der Waals surface area contributed by atoms with Crippen LogP contribution in [0.3, 0.4) is 0 Å². The van der Waals surface area contributed by atoms with Gasteiger partial charge in [0.05, 0.1) is 0 Å². The number of hydrogen-bond donors (Lipinski definition) is 1. The molecule has 1 aromatic carbocycles. The Morgan fingerprint density at radius 2 is 1.39 bits per heavy atom. The number of benzene rings is 1. The normalized spacial score (nSPS) is 14.3. The average molecular weight is 391 g/mol. The van der Waals surface area contributed by atoms with Gasteiger partial charge >= 0.3 is 12.1 Å². The van der Waals surface area contributed by atoms with Crippen molar-refractivity contribution in [2.45, 2.75) is 65.2 Å². The minimum Gasteiger partial charge on any atom is -0.458 e. The van der Waals surface area contributed by atoms with Crippen LogP contribution in [0.25, 0.3) is 6.08 Å². The summed E-state index contributed by atoms with van der Waals surface area (Å²) in [6, 6.07) is 8.92. The Balaban J connectivity index is 3.26. The fourth-order valence-corrected chi connectivity index (χ4v) is 2.05. The van der Waals surface area contributed by atoms with Crippen LogP contribution in [0.5, 0.6) is 0 Å². The third-order valence-corrected chi connectivity index (χ3v) is 3.49. The number of hydrogen-bond acceptors (Lipinski definition) is 6. The highest BCUT2D eigenvalue weighted by molar-refractivity contribution is 6.15. The SMILES string of the molecule is CC(C)(C)OC(=O)N(O)[C@@](C)(C(=O)/C=C/c1ccccc1)C(=O)OC(C)(C)C. The molecule has 0 saturated heterocycles. The molecule has 1 atom stereocenters. The standard InChI is InChI=1S/C21H29NO6/c1-19(2,3)27-17(24)21(7,22(26)18(25)28-20(4,5)6)16(23)14-13-15-11-9-8-10-12-15/h8-14,26H,1-7H3/b14-13+/t21-/m0/s1. The van der Waals surface area contributed by atoms with Crippen LogP contribution >= 0.6 is 0 Å². The molecule has 7 nitrogen and oxygen atoms in total. The van der Waals surface area contributed by atoms with Crippen LogP contribution in [0.15, 0.2) is 36.4 Å². The first-order valence-corrected chi connectivity index (χ1v) is 8.90. The Labute approximate surface area is 165 Å². The molecule has 154 valence electrons. The van der Waals surface area contributed by atoms with E-state index in [1.54, 1.807) is 65.8 Å². The second-order valence-electron chi connectivity index (χ2n) is 8.47. The first-order chi connectivity index (χ1) is 12.7. The van der Waals surface area contributed by atoms with Gasteiger partial charge in [-0.3, -0.25) is 10.0 Å². The van der Waals surface area contributed by atoms with E-state index in [4.69, 9.17) is 9.47 Å². The molecule has 0 unspecified atom stereocenters. The van der Waals surface area contributed by atoms with Crippen LogP contribution < -0.4 is 0 Å². The van der Waals surface area contributed by atoms with Crippen LogP contribution in [-0.2, 0) is 19.1 Å². The van der Waals surface area contributed by atoms with Crippen molar-refractivity contribution in [1.29, 1.82) is 0 Å². The third kappa shape index (κ3) is 6.49. The molecule has 7 heteroatoms. The minimum absolute atomic E-state index is 0.00993. The number of nitrogens with zero attached hydrogens (tertiary/aromatic N) is 1. The fraction of sp³-hybridized carbons (Fsp3) is 0.476. The molecule has 1 N–H and O–H groups in total. The minimum atomic E-state index is -2.32. The zero-order valence-corrected chi connectivity index (χ0v) is 17.5. The Morgan fingerprint density at radius 3 is 1.86 bits per heavy atom. The first-order valence-electron chi connectivity index (χ1n) is 8.90. The smallest absolute Gasteiger partial charge is 0.435 e. The van der Waals surface area contributed by atoms with Gasteiger partial charge in [0.15, 0.2) is 5.78 Å². The molecule has 0 radical (unpaired) electrons. The number of carbonyl (C=O) groups is 3. The van der Waals surface area contributed by atoms with Crippen LogP contribution in [0.4, 0.5) is 4.79 Å². The number of esters is 1. The van der Waals surface area contributed by atoms with Crippen molar-refractivity contribution < 1.29 is 29.1 Å². The Morgan fingerprint density at radius 1 is 0.893 bits per heavy atom. The summed E-state index contributed by atoms with van der Waals surface area (Å²) in [6.07, 6.45) is 1.36. The lowest BCUT2D eigenvalue weighted by atomic mass is 9.94. The molecule has 0 heterocycles. The largest absolute Gasteiger partial charge is 0.458 e. The van der Waals surface area contributed by atoms with Gasteiger partial charge in [0.1, 0.15) is 11.2 Å². The topological polar surface area (TPSA) is 93.1 Å². The summed E-state index contributed by atoms with van der Waals surface area (Å²) in [5.41, 5.74) is -3.48. The van der Waals surface area contributed by atoms with E-state index in [1.807, 2.05) is 6.07 Å². The lowest BCUT2D eigenvalue weighted by molar-refractivity contribution is -0.197. The monoisotopic (exact) mass is 391 g/mol. The number of rotatable bonds is 5. The highest BCUT2D eigenvalue weighted by Gasteiger charge is 2.51. The quantitative estimate of drug-likeness (QED) is 0.268. The zero-order valence-electron chi connectivity index (χ0n) is 17.5. The van der Waals surface area contributed by atoms with Gasteiger partial charge in [-0.2, -0.15) is 5.06 Å². The Kier molecular flexibility index (Phi) is 7.15. The van der Waals surface area contributed by atoms with E-state index in [-0.39, 0.29) is 5.06 Å². The van der Waals surface area contributed by atoms with E-state index in [2.05, 4.69) is 0 Å². The van der Waals surface area contributed by atoms with Crippen molar-refractivity contribution in [3.63, 3.8) is 0 Å². The van der Waals surface area contributed by atoms with E-state index >= 15 is 0 Å². The molecule has 0 fully saturated rings. The second-order valence-corrected chi connectivity index (χ2v) is 8.47. The highest BCUT2D eigenvalue weighted by atomic mass is 16.6. The molecule has 1 aromatic rings. The lowest BCUT2D eigenvalue weighted by Crippen LogP contribution is -2.60. The van der Waals surface area contributed by atoms with Gasteiger partial charge in [-0.15, -0.1) is 0 Å². The van der Waals surface area contributed by atoms with E-state index in [0.717, 1.165) is 13.0 Å². The summed E-state index contributed by atoms with van der Waals surface area (Å²) < 4.78 is 10.4. The molecule has 1 rings (SSSR count). The average Bonchev–Trinajstić information content (AvgIpc) is 2.56. The van der Waals surface area contributed by atoms with Gasteiger partial charge in [-0.05, 0) is 60.1 Å². The maximum atomic E-state index is 12.9.